The number of anilines is 1. The van der Waals surface area contributed by atoms with Gasteiger partial charge in [-0.1, -0.05) is 6.92 Å². The highest BCUT2D eigenvalue weighted by Crippen LogP contribution is 2.24. The minimum absolute atomic E-state index is 0.585. The number of nitrogens with one attached hydrogen (secondary N) is 1. The molecule has 3 aromatic rings. The van der Waals surface area contributed by atoms with Crippen LogP contribution in [-0.2, 0) is 13.1 Å². The SMILES string of the molecule is CCCn1nc(C)c2cc(NC3=NCc4nccnc43)ccc21. The molecule has 0 bridgehead atoms. The van der Waals surface area contributed by atoms with Crippen LogP contribution in [0.2, 0.25) is 0 Å². The van der Waals surface area contributed by atoms with Gasteiger partial charge in [0.1, 0.15) is 5.69 Å². The lowest BCUT2D eigenvalue weighted by Crippen LogP contribution is -2.13. The summed E-state index contributed by atoms with van der Waals surface area (Å²) >= 11 is 0. The highest BCUT2D eigenvalue weighted by molar-refractivity contribution is 6.09. The van der Waals surface area contributed by atoms with E-state index in [0.717, 1.165) is 41.6 Å². The van der Waals surface area contributed by atoms with Gasteiger partial charge in [0.15, 0.2) is 5.84 Å². The van der Waals surface area contributed by atoms with Crippen molar-refractivity contribution in [1.29, 1.82) is 0 Å². The van der Waals surface area contributed by atoms with Gasteiger partial charge in [0.2, 0.25) is 0 Å². The van der Waals surface area contributed by atoms with Crippen molar-refractivity contribution in [2.24, 2.45) is 4.99 Å². The average Bonchev–Trinajstić information content (AvgIpc) is 3.10. The Bertz CT molecular complexity index is 909. The first-order valence-electron chi connectivity index (χ1n) is 7.85. The van der Waals surface area contributed by atoms with Gasteiger partial charge in [-0.2, -0.15) is 5.10 Å². The van der Waals surface area contributed by atoms with E-state index in [1.807, 2.05) is 6.92 Å². The quantitative estimate of drug-likeness (QED) is 0.808. The van der Waals surface area contributed by atoms with Crippen LogP contribution in [0.4, 0.5) is 5.69 Å². The summed E-state index contributed by atoms with van der Waals surface area (Å²) in [7, 11) is 0. The van der Waals surface area contributed by atoms with Crippen LogP contribution in [0, 0.1) is 6.92 Å². The predicted molar refractivity (Wildman–Crippen MR) is 90.7 cm³/mol. The van der Waals surface area contributed by atoms with Gasteiger partial charge in [-0.05, 0) is 31.5 Å². The topological polar surface area (TPSA) is 68.0 Å². The van der Waals surface area contributed by atoms with E-state index in [1.165, 1.54) is 10.9 Å². The van der Waals surface area contributed by atoms with Crippen molar-refractivity contribution in [2.45, 2.75) is 33.4 Å². The second kappa shape index (κ2) is 5.46. The Balaban J connectivity index is 1.67. The van der Waals surface area contributed by atoms with E-state index in [-0.39, 0.29) is 0 Å². The summed E-state index contributed by atoms with van der Waals surface area (Å²) in [5.74, 6) is 0.783. The Morgan fingerprint density at radius 2 is 2.09 bits per heavy atom. The van der Waals surface area contributed by atoms with Gasteiger partial charge in [0, 0.05) is 30.0 Å². The number of aromatic nitrogens is 4. The fourth-order valence-electron chi connectivity index (χ4n) is 2.94. The Hall–Kier alpha value is -2.76. The normalized spacial score (nSPS) is 13.2. The molecule has 1 N–H and O–H groups in total. The molecule has 4 rings (SSSR count). The molecule has 3 heterocycles. The lowest BCUT2D eigenvalue weighted by atomic mass is 10.2. The van der Waals surface area contributed by atoms with Crippen molar-refractivity contribution in [3.63, 3.8) is 0 Å². The van der Waals surface area contributed by atoms with Crippen molar-refractivity contribution < 1.29 is 0 Å². The van der Waals surface area contributed by atoms with E-state index in [1.54, 1.807) is 12.4 Å². The Kier molecular flexibility index (Phi) is 3.29. The predicted octanol–water partition coefficient (Wildman–Crippen LogP) is 2.92. The van der Waals surface area contributed by atoms with E-state index in [0.29, 0.717) is 6.54 Å². The molecule has 1 aromatic carbocycles. The molecule has 116 valence electrons. The summed E-state index contributed by atoms with van der Waals surface area (Å²) in [4.78, 5) is 13.2. The van der Waals surface area contributed by atoms with Crippen LogP contribution in [0.3, 0.4) is 0 Å². The molecule has 23 heavy (non-hydrogen) atoms. The number of aliphatic imine (C=N–C) groups is 1. The molecule has 6 nitrogen and oxygen atoms in total. The molecular formula is C17H18N6. The highest BCUT2D eigenvalue weighted by atomic mass is 15.3. The van der Waals surface area contributed by atoms with E-state index >= 15 is 0 Å². The van der Waals surface area contributed by atoms with Gasteiger partial charge in [-0.3, -0.25) is 14.7 Å². The zero-order chi connectivity index (χ0) is 15.8. The number of nitrogens with zero attached hydrogens (tertiary/aromatic N) is 5. The third-order valence-corrected chi connectivity index (χ3v) is 4.02. The second-order valence-electron chi connectivity index (χ2n) is 5.68. The summed E-state index contributed by atoms with van der Waals surface area (Å²) in [6, 6.07) is 6.30. The molecule has 0 spiro atoms. The summed E-state index contributed by atoms with van der Waals surface area (Å²) < 4.78 is 2.07. The molecule has 1 aliphatic rings. The van der Waals surface area contributed by atoms with Gasteiger partial charge in [-0.25, -0.2) is 4.98 Å². The average molecular weight is 306 g/mol. The summed E-state index contributed by atoms with van der Waals surface area (Å²) in [6.45, 7) is 5.73. The molecular weight excluding hydrogens is 288 g/mol. The van der Waals surface area contributed by atoms with Crippen LogP contribution < -0.4 is 5.32 Å². The van der Waals surface area contributed by atoms with Crippen LogP contribution in [0.5, 0.6) is 0 Å². The largest absolute Gasteiger partial charge is 0.339 e. The van der Waals surface area contributed by atoms with Crippen LogP contribution in [-0.4, -0.2) is 25.6 Å². The number of benzene rings is 1. The molecule has 0 aliphatic carbocycles. The Labute approximate surface area is 134 Å². The lowest BCUT2D eigenvalue weighted by molar-refractivity contribution is 0.617. The van der Waals surface area contributed by atoms with Crippen molar-refractivity contribution in [2.75, 3.05) is 5.32 Å². The molecule has 2 aromatic heterocycles. The first-order chi connectivity index (χ1) is 11.3. The number of rotatable bonds is 3. The number of amidine groups is 1. The molecule has 0 saturated carbocycles. The van der Waals surface area contributed by atoms with Gasteiger partial charge in [-0.15, -0.1) is 0 Å². The van der Waals surface area contributed by atoms with E-state index in [2.05, 4.69) is 55.2 Å². The zero-order valence-corrected chi connectivity index (χ0v) is 13.2. The molecule has 0 fully saturated rings. The molecule has 0 amide bonds. The Morgan fingerprint density at radius 3 is 2.96 bits per heavy atom. The monoisotopic (exact) mass is 306 g/mol. The van der Waals surface area contributed by atoms with Gasteiger partial charge >= 0.3 is 0 Å². The minimum Gasteiger partial charge on any atom is -0.339 e. The minimum atomic E-state index is 0.585. The fraction of sp³-hybridized carbons (Fsp3) is 0.294. The summed E-state index contributed by atoms with van der Waals surface area (Å²) in [6.07, 6.45) is 4.47. The van der Waals surface area contributed by atoms with Crippen LogP contribution >= 0.6 is 0 Å². The summed E-state index contributed by atoms with van der Waals surface area (Å²) in [5.41, 5.74) is 4.97. The van der Waals surface area contributed by atoms with Gasteiger partial charge in [0.05, 0.1) is 23.4 Å². The third-order valence-electron chi connectivity index (χ3n) is 4.02. The molecule has 0 saturated heterocycles. The van der Waals surface area contributed by atoms with Crippen molar-refractivity contribution in [3.05, 3.63) is 47.7 Å². The van der Waals surface area contributed by atoms with E-state index in [9.17, 15) is 0 Å². The third kappa shape index (κ3) is 2.36. The first-order valence-corrected chi connectivity index (χ1v) is 7.85. The molecule has 0 atom stereocenters. The van der Waals surface area contributed by atoms with Crippen LogP contribution in [0.25, 0.3) is 10.9 Å². The standard InChI is InChI=1S/C17H18N6/c1-3-8-23-15-5-4-12(9-13(15)11(2)22-23)21-17-16-14(10-20-17)18-6-7-19-16/h4-7,9H,3,8,10H2,1-2H3,(H,20,21). The zero-order valence-electron chi connectivity index (χ0n) is 13.2. The molecule has 0 radical (unpaired) electrons. The number of aryl methyl sites for hydroxylation is 2. The maximum absolute atomic E-state index is 4.62. The van der Waals surface area contributed by atoms with E-state index < -0.39 is 0 Å². The lowest BCUT2D eigenvalue weighted by Gasteiger charge is -2.07. The number of hydrogen-bond donors (Lipinski definition) is 1. The molecule has 0 unspecified atom stereocenters. The fourth-order valence-corrected chi connectivity index (χ4v) is 2.94. The van der Waals surface area contributed by atoms with Gasteiger partial charge in [0.25, 0.3) is 0 Å². The maximum Gasteiger partial charge on any atom is 0.154 e. The van der Waals surface area contributed by atoms with Crippen molar-refractivity contribution in [3.8, 4) is 0 Å². The summed E-state index contributed by atoms with van der Waals surface area (Å²) in [5, 5.41) is 9.16. The smallest absolute Gasteiger partial charge is 0.154 e. The Morgan fingerprint density at radius 1 is 1.22 bits per heavy atom. The number of hydrogen-bond acceptors (Lipinski definition) is 5. The van der Waals surface area contributed by atoms with Crippen molar-refractivity contribution >= 4 is 22.4 Å². The van der Waals surface area contributed by atoms with Crippen molar-refractivity contribution in [1.82, 2.24) is 19.7 Å². The number of fused-ring (bicyclic) bond motifs is 2. The first kappa shape index (κ1) is 13.9. The van der Waals surface area contributed by atoms with Crippen LogP contribution in [0.15, 0.2) is 35.6 Å². The molecule has 1 aliphatic heterocycles. The van der Waals surface area contributed by atoms with E-state index in [4.69, 9.17) is 0 Å². The highest BCUT2D eigenvalue weighted by Gasteiger charge is 2.18. The van der Waals surface area contributed by atoms with Crippen LogP contribution in [0.1, 0.15) is 30.4 Å². The molecule has 6 heteroatoms. The second-order valence-corrected chi connectivity index (χ2v) is 5.68. The maximum atomic E-state index is 4.62. The van der Waals surface area contributed by atoms with Gasteiger partial charge < -0.3 is 5.32 Å².